The molecule has 36 heavy (non-hydrogen) atoms. The zero-order chi connectivity index (χ0) is 26.1. The summed E-state index contributed by atoms with van der Waals surface area (Å²) in [6.07, 6.45) is -0.122. The number of carbonyl (C=O) groups is 2. The number of anilines is 2. The third-order valence-corrected chi connectivity index (χ3v) is 11.6. The van der Waals surface area contributed by atoms with Crippen LogP contribution in [0.15, 0.2) is 36.4 Å². The Bertz CT molecular complexity index is 1120. The molecule has 1 aromatic carbocycles. The van der Waals surface area contributed by atoms with E-state index in [0.29, 0.717) is 43.5 Å². The lowest BCUT2D eigenvalue weighted by Gasteiger charge is -2.36. The molecule has 0 radical (unpaired) electrons. The van der Waals surface area contributed by atoms with Gasteiger partial charge in [0, 0.05) is 13.0 Å². The van der Waals surface area contributed by atoms with Gasteiger partial charge in [0.1, 0.15) is 17.7 Å². The predicted molar refractivity (Wildman–Crippen MR) is 139 cm³/mol. The predicted octanol–water partition coefficient (Wildman–Crippen LogP) is 4.75. The maximum atomic E-state index is 12.7. The lowest BCUT2D eigenvalue weighted by Crippen LogP contribution is -2.41. The van der Waals surface area contributed by atoms with Crippen LogP contribution in [0.5, 0.6) is 11.5 Å². The van der Waals surface area contributed by atoms with Gasteiger partial charge in [-0.25, -0.2) is 9.78 Å². The molecule has 2 aromatic rings. The van der Waals surface area contributed by atoms with Gasteiger partial charge in [0.25, 0.3) is 5.91 Å². The molecular formula is C26H35N3O6Si. The number of hydrogen-bond acceptors (Lipinski definition) is 7. The first-order valence-corrected chi connectivity index (χ1v) is 15.1. The number of rotatable bonds is 8. The van der Waals surface area contributed by atoms with E-state index in [9.17, 15) is 9.59 Å². The molecule has 0 saturated carbocycles. The Kier molecular flexibility index (Phi) is 7.28. The molecule has 10 heteroatoms. The topological polar surface area (TPSA) is 90.4 Å². The maximum Gasteiger partial charge on any atom is 0.415 e. The minimum Gasteiger partial charge on any atom is -0.497 e. The maximum absolute atomic E-state index is 12.7. The van der Waals surface area contributed by atoms with E-state index in [1.165, 1.54) is 4.90 Å². The molecule has 1 atom stereocenters. The van der Waals surface area contributed by atoms with Crippen molar-refractivity contribution >= 4 is 32.0 Å². The van der Waals surface area contributed by atoms with Gasteiger partial charge in [0.05, 0.1) is 20.2 Å². The van der Waals surface area contributed by atoms with E-state index in [1.807, 2.05) is 24.3 Å². The van der Waals surface area contributed by atoms with E-state index in [4.69, 9.17) is 18.6 Å². The molecule has 0 N–H and O–H groups in total. The number of amides is 2. The highest BCUT2D eigenvalue weighted by atomic mass is 28.4. The van der Waals surface area contributed by atoms with Crippen LogP contribution in [-0.4, -0.2) is 58.3 Å². The number of cyclic esters (lactones) is 1. The van der Waals surface area contributed by atoms with Gasteiger partial charge in [-0.05, 0) is 48.0 Å². The highest BCUT2D eigenvalue weighted by Crippen LogP contribution is 2.37. The fourth-order valence-electron chi connectivity index (χ4n) is 3.82. The van der Waals surface area contributed by atoms with Crippen molar-refractivity contribution in [3.63, 3.8) is 0 Å². The van der Waals surface area contributed by atoms with Crippen molar-refractivity contribution in [3.8, 4) is 11.5 Å². The smallest absolute Gasteiger partial charge is 0.415 e. The Labute approximate surface area is 213 Å². The molecule has 0 aliphatic carbocycles. The van der Waals surface area contributed by atoms with Crippen LogP contribution in [0, 0.1) is 0 Å². The second-order valence-electron chi connectivity index (χ2n) is 10.6. The molecule has 2 aliphatic rings. The van der Waals surface area contributed by atoms with Crippen LogP contribution in [-0.2, 0) is 20.5 Å². The fourth-order valence-corrected chi connectivity index (χ4v) is 4.88. The van der Waals surface area contributed by atoms with Gasteiger partial charge in [-0.1, -0.05) is 32.9 Å². The summed E-state index contributed by atoms with van der Waals surface area (Å²) in [5.41, 5.74) is 0.923. The van der Waals surface area contributed by atoms with Gasteiger partial charge < -0.3 is 18.6 Å². The lowest BCUT2D eigenvalue weighted by atomic mass is 10.2. The Morgan fingerprint density at radius 2 is 1.83 bits per heavy atom. The zero-order valence-electron chi connectivity index (χ0n) is 21.9. The molecule has 0 bridgehead atoms. The highest BCUT2D eigenvalue weighted by molar-refractivity contribution is 6.74. The summed E-state index contributed by atoms with van der Waals surface area (Å²) < 4.78 is 22.7. The minimum absolute atomic E-state index is 0.0633. The molecule has 3 heterocycles. The SMILES string of the molecule is COc1ccc(CN2C(=O)COc3ccc(N4CC(CCO[Si](C)(C)C(C)(C)C)OC4=O)nc32)cc1. The number of carbonyl (C=O) groups excluding carboxylic acids is 2. The number of ether oxygens (including phenoxy) is 3. The Morgan fingerprint density at radius 3 is 2.50 bits per heavy atom. The van der Waals surface area contributed by atoms with Crippen LogP contribution in [0.4, 0.5) is 16.4 Å². The summed E-state index contributed by atoms with van der Waals surface area (Å²) in [5.74, 6) is 1.85. The average Bonchev–Trinajstić information content (AvgIpc) is 3.20. The number of methoxy groups -OCH3 is 1. The molecule has 9 nitrogen and oxygen atoms in total. The first-order chi connectivity index (χ1) is 17.0. The molecular weight excluding hydrogens is 478 g/mol. The van der Waals surface area contributed by atoms with Gasteiger partial charge in [-0.2, -0.15) is 0 Å². The summed E-state index contributed by atoms with van der Waals surface area (Å²) in [6.45, 7) is 12.2. The van der Waals surface area contributed by atoms with E-state index >= 15 is 0 Å². The first kappa shape index (κ1) is 26.0. The molecule has 1 fully saturated rings. The molecule has 4 rings (SSSR count). The van der Waals surface area contributed by atoms with Crippen LogP contribution in [0.25, 0.3) is 0 Å². The van der Waals surface area contributed by atoms with Crippen molar-refractivity contribution in [2.75, 3.05) is 36.7 Å². The largest absolute Gasteiger partial charge is 0.497 e. The number of hydrogen-bond donors (Lipinski definition) is 0. The van der Waals surface area contributed by atoms with Crippen LogP contribution in [0.2, 0.25) is 18.1 Å². The van der Waals surface area contributed by atoms with Gasteiger partial charge in [-0.15, -0.1) is 0 Å². The highest BCUT2D eigenvalue weighted by Gasteiger charge is 2.39. The van der Waals surface area contributed by atoms with Crippen LogP contribution in [0.3, 0.4) is 0 Å². The van der Waals surface area contributed by atoms with Gasteiger partial charge in [-0.3, -0.25) is 14.6 Å². The molecule has 0 spiro atoms. The molecule has 194 valence electrons. The molecule has 1 aromatic heterocycles. The summed E-state index contributed by atoms with van der Waals surface area (Å²) in [5, 5.41) is 0.121. The number of pyridine rings is 1. The number of aromatic nitrogens is 1. The number of fused-ring (bicyclic) bond motifs is 1. The van der Waals surface area contributed by atoms with Gasteiger partial charge >= 0.3 is 6.09 Å². The third-order valence-electron chi connectivity index (χ3n) is 7.09. The third kappa shape index (κ3) is 5.49. The normalized spacial score (nSPS) is 18.1. The van der Waals surface area contributed by atoms with Crippen LogP contribution < -0.4 is 19.3 Å². The van der Waals surface area contributed by atoms with E-state index < -0.39 is 14.4 Å². The van der Waals surface area contributed by atoms with E-state index in [2.05, 4.69) is 38.8 Å². The Balaban J connectivity index is 1.46. The molecule has 1 saturated heterocycles. The van der Waals surface area contributed by atoms with Crippen molar-refractivity contribution in [1.82, 2.24) is 4.98 Å². The van der Waals surface area contributed by atoms with Crippen LogP contribution in [0.1, 0.15) is 32.8 Å². The van der Waals surface area contributed by atoms with Gasteiger partial charge in [0.15, 0.2) is 26.5 Å². The minimum atomic E-state index is -1.87. The second-order valence-corrected chi connectivity index (χ2v) is 15.4. The van der Waals surface area contributed by atoms with Crippen molar-refractivity contribution in [2.24, 2.45) is 0 Å². The van der Waals surface area contributed by atoms with Crippen molar-refractivity contribution in [3.05, 3.63) is 42.0 Å². The first-order valence-electron chi connectivity index (χ1n) is 12.2. The van der Waals surface area contributed by atoms with E-state index in [0.717, 1.165) is 11.3 Å². The Hall–Kier alpha value is -3.11. The van der Waals surface area contributed by atoms with E-state index in [1.54, 1.807) is 24.1 Å². The van der Waals surface area contributed by atoms with Crippen LogP contribution >= 0.6 is 0 Å². The Morgan fingerprint density at radius 1 is 1.11 bits per heavy atom. The average molecular weight is 514 g/mol. The molecule has 2 amide bonds. The number of benzene rings is 1. The summed E-state index contributed by atoms with van der Waals surface area (Å²) in [4.78, 5) is 33.1. The standard InChI is InChI=1S/C26H35N3O6Si/c1-26(2,3)36(5,6)34-14-13-20-16-28(25(31)35-20)22-12-11-21-24(27-22)29(23(30)17-33-21)15-18-7-9-19(32-4)10-8-18/h7-12,20H,13-17H2,1-6H3. The molecule has 1 unspecified atom stereocenters. The second kappa shape index (κ2) is 10.1. The summed E-state index contributed by atoms with van der Waals surface area (Å²) in [7, 11) is -0.259. The molecule has 2 aliphatic heterocycles. The summed E-state index contributed by atoms with van der Waals surface area (Å²) in [6, 6.07) is 11.0. The number of nitrogens with zero attached hydrogens (tertiary/aromatic N) is 3. The zero-order valence-corrected chi connectivity index (χ0v) is 22.9. The summed E-state index contributed by atoms with van der Waals surface area (Å²) >= 11 is 0. The van der Waals surface area contributed by atoms with Crippen molar-refractivity contribution in [2.45, 2.75) is 58.0 Å². The lowest BCUT2D eigenvalue weighted by molar-refractivity contribution is -0.121. The monoisotopic (exact) mass is 513 g/mol. The fraction of sp³-hybridized carbons (Fsp3) is 0.500. The van der Waals surface area contributed by atoms with Crippen molar-refractivity contribution in [1.29, 1.82) is 0 Å². The van der Waals surface area contributed by atoms with Crippen molar-refractivity contribution < 1.29 is 28.2 Å². The van der Waals surface area contributed by atoms with Gasteiger partial charge in [0.2, 0.25) is 0 Å². The quantitative estimate of drug-likeness (QED) is 0.470. The van der Waals surface area contributed by atoms with E-state index in [-0.39, 0.29) is 23.7 Å².